The number of pyridine rings is 1. The fourth-order valence-corrected chi connectivity index (χ4v) is 4.45. The minimum absolute atomic E-state index is 0.137. The van der Waals surface area contributed by atoms with E-state index >= 15 is 0 Å². The highest BCUT2D eigenvalue weighted by atomic mass is 16.2. The molecule has 2 aromatic heterocycles. The van der Waals surface area contributed by atoms with Gasteiger partial charge >= 0.3 is 0 Å². The van der Waals surface area contributed by atoms with E-state index in [1.165, 1.54) is 0 Å². The first-order valence-corrected chi connectivity index (χ1v) is 9.96. The zero-order chi connectivity index (χ0) is 19.6. The summed E-state index contributed by atoms with van der Waals surface area (Å²) in [5.74, 6) is 2.15. The molecule has 7 nitrogen and oxygen atoms in total. The second-order valence-corrected chi connectivity index (χ2v) is 8.27. The molecular formula is C21H28N6O. The molecule has 1 atom stereocenters. The molecule has 148 valence electrons. The van der Waals surface area contributed by atoms with Crippen molar-refractivity contribution in [1.29, 1.82) is 0 Å². The first-order valence-electron chi connectivity index (χ1n) is 9.96. The fraction of sp³-hybridized carbons (Fsp3) is 0.524. The second kappa shape index (κ2) is 7.73. The predicted octanol–water partition coefficient (Wildman–Crippen LogP) is 2.35. The number of piperidine rings is 2. The number of amides is 1. The van der Waals surface area contributed by atoms with Crippen LogP contribution < -0.4 is 9.80 Å². The van der Waals surface area contributed by atoms with Gasteiger partial charge in [0.15, 0.2) is 0 Å². The lowest BCUT2D eigenvalue weighted by atomic mass is 9.73. The summed E-state index contributed by atoms with van der Waals surface area (Å²) in [6.45, 7) is 3.39. The van der Waals surface area contributed by atoms with E-state index in [1.807, 2.05) is 42.2 Å². The average Bonchev–Trinajstić information content (AvgIpc) is 2.72. The van der Waals surface area contributed by atoms with E-state index in [2.05, 4.69) is 25.9 Å². The summed E-state index contributed by atoms with van der Waals surface area (Å²) in [7, 11) is 3.99. The van der Waals surface area contributed by atoms with E-state index in [0.717, 1.165) is 56.1 Å². The summed E-state index contributed by atoms with van der Waals surface area (Å²) >= 11 is 0. The molecule has 2 saturated heterocycles. The molecule has 2 aromatic rings. The Labute approximate surface area is 166 Å². The molecule has 0 bridgehead atoms. The molecule has 2 aliphatic rings. The lowest BCUT2D eigenvalue weighted by Crippen LogP contribution is -2.54. The van der Waals surface area contributed by atoms with Gasteiger partial charge in [0, 0.05) is 70.6 Å². The number of anilines is 2. The zero-order valence-electron chi connectivity index (χ0n) is 16.7. The van der Waals surface area contributed by atoms with Crippen molar-refractivity contribution in [2.24, 2.45) is 5.41 Å². The van der Waals surface area contributed by atoms with Gasteiger partial charge in [-0.2, -0.15) is 0 Å². The van der Waals surface area contributed by atoms with E-state index < -0.39 is 0 Å². The van der Waals surface area contributed by atoms with Gasteiger partial charge in [0.05, 0.1) is 0 Å². The van der Waals surface area contributed by atoms with Crippen LogP contribution in [0.4, 0.5) is 11.6 Å². The maximum absolute atomic E-state index is 12.6. The average molecular weight is 380 g/mol. The van der Waals surface area contributed by atoms with Crippen LogP contribution in [0.1, 0.15) is 31.2 Å². The predicted molar refractivity (Wildman–Crippen MR) is 109 cm³/mol. The zero-order valence-corrected chi connectivity index (χ0v) is 16.7. The van der Waals surface area contributed by atoms with Gasteiger partial charge in [0.1, 0.15) is 18.0 Å². The maximum Gasteiger partial charge on any atom is 0.222 e. The van der Waals surface area contributed by atoms with Gasteiger partial charge in [-0.1, -0.05) is 6.07 Å². The third-order valence-corrected chi connectivity index (χ3v) is 5.93. The molecular weight excluding hydrogens is 352 g/mol. The van der Waals surface area contributed by atoms with Crippen molar-refractivity contribution >= 4 is 17.5 Å². The highest BCUT2D eigenvalue weighted by molar-refractivity contribution is 5.77. The Bertz CT molecular complexity index is 827. The van der Waals surface area contributed by atoms with Crippen molar-refractivity contribution < 1.29 is 4.79 Å². The van der Waals surface area contributed by atoms with Gasteiger partial charge < -0.3 is 14.7 Å². The van der Waals surface area contributed by atoms with Crippen LogP contribution in [-0.4, -0.2) is 59.5 Å². The van der Waals surface area contributed by atoms with Crippen LogP contribution in [0.5, 0.6) is 0 Å². The minimum Gasteiger partial charge on any atom is -0.363 e. The monoisotopic (exact) mass is 380 g/mol. The van der Waals surface area contributed by atoms with Gasteiger partial charge in [0.2, 0.25) is 5.91 Å². The second-order valence-electron chi connectivity index (χ2n) is 8.27. The molecule has 0 radical (unpaired) electrons. The molecule has 0 aromatic carbocycles. The first-order chi connectivity index (χ1) is 13.5. The van der Waals surface area contributed by atoms with E-state index in [4.69, 9.17) is 0 Å². The van der Waals surface area contributed by atoms with E-state index in [-0.39, 0.29) is 11.3 Å². The molecule has 0 saturated carbocycles. The number of likely N-dealkylation sites (tertiary alicyclic amines) is 1. The summed E-state index contributed by atoms with van der Waals surface area (Å²) in [6.07, 6.45) is 9.13. The Morgan fingerprint density at radius 2 is 2.11 bits per heavy atom. The third-order valence-electron chi connectivity index (χ3n) is 5.93. The van der Waals surface area contributed by atoms with E-state index in [9.17, 15) is 4.79 Å². The number of hydrogen-bond donors (Lipinski definition) is 0. The Balaban J connectivity index is 1.51. The van der Waals surface area contributed by atoms with Crippen LogP contribution in [0, 0.1) is 5.41 Å². The summed E-state index contributed by atoms with van der Waals surface area (Å²) in [6, 6.07) is 6.03. The Hall–Kier alpha value is -2.70. The molecule has 0 unspecified atom stereocenters. The number of rotatable bonds is 4. The van der Waals surface area contributed by atoms with Gasteiger partial charge in [-0.15, -0.1) is 0 Å². The molecule has 4 heterocycles. The quantitative estimate of drug-likeness (QED) is 0.811. The number of nitrogens with zero attached hydrogens (tertiary/aromatic N) is 6. The van der Waals surface area contributed by atoms with Crippen molar-refractivity contribution in [2.45, 2.75) is 32.2 Å². The van der Waals surface area contributed by atoms with Gasteiger partial charge in [0.25, 0.3) is 0 Å². The van der Waals surface area contributed by atoms with Gasteiger partial charge in [-0.25, -0.2) is 9.97 Å². The standard InChI is InChI=1S/C21H28N6O/c1-25(2)18-11-19(24-16-23-18)26-10-4-7-21(14-26)8-6-20(28)27(15-21)13-17-5-3-9-22-12-17/h3,5,9,11-12,16H,4,6-8,10,13-15H2,1-2H3/t21-/m1/s1. The van der Waals surface area contributed by atoms with Crippen molar-refractivity contribution in [3.8, 4) is 0 Å². The maximum atomic E-state index is 12.6. The molecule has 2 aliphatic heterocycles. The van der Waals surface area contributed by atoms with Crippen molar-refractivity contribution in [3.05, 3.63) is 42.5 Å². The molecule has 1 spiro atoms. The number of carbonyl (C=O) groups is 1. The summed E-state index contributed by atoms with van der Waals surface area (Å²) < 4.78 is 0. The summed E-state index contributed by atoms with van der Waals surface area (Å²) in [5.41, 5.74) is 1.23. The van der Waals surface area contributed by atoms with Crippen LogP contribution in [0.3, 0.4) is 0 Å². The highest BCUT2D eigenvalue weighted by Gasteiger charge is 2.42. The van der Waals surface area contributed by atoms with E-state index in [0.29, 0.717) is 13.0 Å². The van der Waals surface area contributed by atoms with Crippen LogP contribution in [-0.2, 0) is 11.3 Å². The highest BCUT2D eigenvalue weighted by Crippen LogP contribution is 2.40. The van der Waals surface area contributed by atoms with Gasteiger partial charge in [-0.3, -0.25) is 9.78 Å². The fourth-order valence-electron chi connectivity index (χ4n) is 4.45. The molecule has 2 fully saturated rings. The van der Waals surface area contributed by atoms with Crippen LogP contribution >= 0.6 is 0 Å². The molecule has 7 heteroatoms. The lowest BCUT2D eigenvalue weighted by Gasteiger charge is -2.48. The number of hydrogen-bond acceptors (Lipinski definition) is 6. The van der Waals surface area contributed by atoms with Crippen molar-refractivity contribution in [2.75, 3.05) is 43.5 Å². The van der Waals surface area contributed by atoms with E-state index in [1.54, 1.807) is 12.5 Å². The molecule has 0 N–H and O–H groups in total. The summed E-state index contributed by atoms with van der Waals surface area (Å²) in [4.78, 5) is 32.0. The van der Waals surface area contributed by atoms with Crippen molar-refractivity contribution in [3.63, 3.8) is 0 Å². The first kappa shape index (κ1) is 18.7. The van der Waals surface area contributed by atoms with Gasteiger partial charge in [-0.05, 0) is 30.9 Å². The van der Waals surface area contributed by atoms with Crippen LogP contribution in [0.25, 0.3) is 0 Å². The Morgan fingerprint density at radius 1 is 1.21 bits per heavy atom. The van der Waals surface area contributed by atoms with Crippen LogP contribution in [0.15, 0.2) is 36.9 Å². The molecule has 28 heavy (non-hydrogen) atoms. The lowest BCUT2D eigenvalue weighted by molar-refractivity contribution is -0.138. The topological polar surface area (TPSA) is 65.5 Å². The molecule has 4 rings (SSSR count). The summed E-state index contributed by atoms with van der Waals surface area (Å²) in [5, 5.41) is 0. The largest absolute Gasteiger partial charge is 0.363 e. The smallest absolute Gasteiger partial charge is 0.222 e. The van der Waals surface area contributed by atoms with Crippen molar-refractivity contribution in [1.82, 2.24) is 19.9 Å². The SMILES string of the molecule is CN(C)c1cc(N2CCC[C@@]3(CCC(=O)N(Cc4cccnc4)C3)C2)ncn1. The minimum atomic E-state index is 0.137. The molecule has 1 amide bonds. The van der Waals surface area contributed by atoms with Crippen LogP contribution in [0.2, 0.25) is 0 Å². The number of aromatic nitrogens is 3. The Morgan fingerprint density at radius 3 is 2.89 bits per heavy atom. The Kier molecular flexibility index (Phi) is 5.15. The third kappa shape index (κ3) is 3.93. The number of carbonyl (C=O) groups excluding carboxylic acids is 1. The normalized spacial score (nSPS) is 22.6. The molecule has 0 aliphatic carbocycles.